The highest BCUT2D eigenvalue weighted by Gasteiger charge is 2.30. The summed E-state index contributed by atoms with van der Waals surface area (Å²) in [5.74, 6) is 1.04. The summed E-state index contributed by atoms with van der Waals surface area (Å²) in [5.41, 5.74) is 0. The van der Waals surface area contributed by atoms with E-state index in [1.165, 1.54) is 12.8 Å². The van der Waals surface area contributed by atoms with E-state index >= 15 is 0 Å². The van der Waals surface area contributed by atoms with Crippen LogP contribution >= 0.6 is 0 Å². The third-order valence-corrected chi connectivity index (χ3v) is 5.38. The summed E-state index contributed by atoms with van der Waals surface area (Å²) in [6.07, 6.45) is 4.10. The van der Waals surface area contributed by atoms with Gasteiger partial charge >= 0.3 is 0 Å². The fourth-order valence-electron chi connectivity index (χ4n) is 2.17. The fourth-order valence-corrected chi connectivity index (χ4v) is 3.97. The van der Waals surface area contributed by atoms with Crippen molar-refractivity contribution < 1.29 is 8.42 Å². The van der Waals surface area contributed by atoms with Crippen molar-refractivity contribution in [3.05, 3.63) is 0 Å². The maximum Gasteiger partial charge on any atom is 0.154 e. The molecule has 0 aromatic carbocycles. The molecule has 0 radical (unpaired) electrons. The van der Waals surface area contributed by atoms with Crippen LogP contribution in [-0.4, -0.2) is 32.5 Å². The lowest BCUT2D eigenvalue weighted by Crippen LogP contribution is -2.33. The van der Waals surface area contributed by atoms with Crippen LogP contribution < -0.4 is 5.32 Å². The smallest absolute Gasteiger partial charge is 0.154 e. The zero-order chi connectivity index (χ0) is 11.3. The van der Waals surface area contributed by atoms with Gasteiger partial charge < -0.3 is 5.32 Å². The van der Waals surface area contributed by atoms with Crippen LogP contribution in [0.4, 0.5) is 0 Å². The van der Waals surface area contributed by atoms with Gasteiger partial charge in [-0.15, -0.1) is 0 Å². The van der Waals surface area contributed by atoms with Crippen LogP contribution in [0.3, 0.4) is 0 Å². The zero-order valence-corrected chi connectivity index (χ0v) is 10.6. The molecule has 0 amide bonds. The number of sulfone groups is 1. The topological polar surface area (TPSA) is 46.2 Å². The lowest BCUT2D eigenvalue weighted by molar-refractivity contribution is 0.470. The van der Waals surface area contributed by atoms with Crippen LogP contribution in [0.2, 0.25) is 0 Å². The zero-order valence-electron chi connectivity index (χ0n) is 9.83. The molecule has 1 rings (SSSR count). The van der Waals surface area contributed by atoms with E-state index in [0.717, 1.165) is 19.4 Å². The third kappa shape index (κ3) is 4.11. The van der Waals surface area contributed by atoms with Crippen LogP contribution in [-0.2, 0) is 9.84 Å². The molecule has 1 saturated heterocycles. The van der Waals surface area contributed by atoms with Gasteiger partial charge in [0.15, 0.2) is 9.84 Å². The molecule has 1 fully saturated rings. The Hall–Kier alpha value is -0.0900. The van der Waals surface area contributed by atoms with Crippen molar-refractivity contribution in [2.75, 3.05) is 18.8 Å². The minimum atomic E-state index is -2.76. The molecule has 4 heteroatoms. The first-order valence-electron chi connectivity index (χ1n) is 5.98. The number of hydrogen-bond donors (Lipinski definition) is 1. The molecular weight excluding hydrogens is 210 g/mol. The summed E-state index contributed by atoms with van der Waals surface area (Å²) in [6, 6.07) is 0. The molecule has 0 saturated carbocycles. The van der Waals surface area contributed by atoms with Crippen LogP contribution in [0.15, 0.2) is 0 Å². The highest BCUT2D eigenvalue weighted by atomic mass is 32.2. The summed E-state index contributed by atoms with van der Waals surface area (Å²) < 4.78 is 23.0. The standard InChI is InChI=1S/C11H23NO2S/c1-3-5-10(2)8-12-9-11-6-4-7-15(11,13)14/h10-12H,3-9H2,1-2H3. The predicted molar refractivity (Wildman–Crippen MR) is 63.8 cm³/mol. The van der Waals surface area contributed by atoms with E-state index < -0.39 is 9.84 Å². The van der Waals surface area contributed by atoms with E-state index in [1.54, 1.807) is 0 Å². The second-order valence-corrected chi connectivity index (χ2v) is 7.08. The second kappa shape index (κ2) is 5.85. The maximum atomic E-state index is 11.5. The molecule has 3 nitrogen and oxygen atoms in total. The molecule has 1 aliphatic rings. The molecule has 0 aliphatic carbocycles. The van der Waals surface area contributed by atoms with Crippen molar-refractivity contribution in [1.82, 2.24) is 5.32 Å². The Bertz CT molecular complexity index is 274. The monoisotopic (exact) mass is 233 g/mol. The van der Waals surface area contributed by atoms with Crippen molar-refractivity contribution in [2.45, 2.75) is 44.8 Å². The molecule has 90 valence electrons. The predicted octanol–water partition coefficient (Wildman–Crippen LogP) is 1.59. The van der Waals surface area contributed by atoms with Crippen molar-refractivity contribution in [1.29, 1.82) is 0 Å². The van der Waals surface area contributed by atoms with Crippen molar-refractivity contribution in [2.24, 2.45) is 5.92 Å². The van der Waals surface area contributed by atoms with E-state index in [1.807, 2.05) is 0 Å². The van der Waals surface area contributed by atoms with Gasteiger partial charge in [0.25, 0.3) is 0 Å². The lowest BCUT2D eigenvalue weighted by Gasteiger charge is -2.14. The Morgan fingerprint density at radius 3 is 2.73 bits per heavy atom. The van der Waals surface area contributed by atoms with Gasteiger partial charge in [0.05, 0.1) is 11.0 Å². The van der Waals surface area contributed by atoms with Crippen LogP contribution in [0.25, 0.3) is 0 Å². The summed E-state index contributed by atoms with van der Waals surface area (Å²) in [4.78, 5) is 0. The highest BCUT2D eigenvalue weighted by Crippen LogP contribution is 2.19. The molecule has 0 bridgehead atoms. The summed E-state index contributed by atoms with van der Waals surface area (Å²) in [7, 11) is -2.76. The first-order chi connectivity index (χ1) is 7.06. The van der Waals surface area contributed by atoms with E-state index in [4.69, 9.17) is 0 Å². The Kier molecular flexibility index (Phi) is 5.06. The Labute approximate surface area is 93.6 Å². The van der Waals surface area contributed by atoms with Crippen LogP contribution in [0.5, 0.6) is 0 Å². The quantitative estimate of drug-likeness (QED) is 0.758. The third-order valence-electron chi connectivity index (χ3n) is 3.11. The van der Waals surface area contributed by atoms with Crippen LogP contribution in [0.1, 0.15) is 39.5 Å². The summed E-state index contributed by atoms with van der Waals surface area (Å²) in [5, 5.41) is 3.17. The number of rotatable bonds is 6. The number of nitrogens with one attached hydrogen (secondary N) is 1. The molecule has 0 aromatic heterocycles. The van der Waals surface area contributed by atoms with E-state index in [9.17, 15) is 8.42 Å². The minimum absolute atomic E-state index is 0.119. The van der Waals surface area contributed by atoms with Crippen LogP contribution in [0, 0.1) is 5.92 Å². The molecule has 0 aromatic rings. The number of hydrogen-bond acceptors (Lipinski definition) is 3. The van der Waals surface area contributed by atoms with Gasteiger partial charge in [-0.05, 0) is 31.7 Å². The minimum Gasteiger partial charge on any atom is -0.315 e. The molecule has 1 N–H and O–H groups in total. The SMILES string of the molecule is CCCC(C)CNCC1CCCS1(=O)=O. The molecule has 2 atom stereocenters. The van der Waals surface area contributed by atoms with Gasteiger partial charge in [0.2, 0.25) is 0 Å². The molecule has 0 spiro atoms. The average Bonchev–Trinajstić information content (AvgIpc) is 2.46. The van der Waals surface area contributed by atoms with Gasteiger partial charge in [0.1, 0.15) is 0 Å². The Morgan fingerprint density at radius 2 is 2.20 bits per heavy atom. The summed E-state index contributed by atoms with van der Waals surface area (Å²) in [6.45, 7) is 5.98. The lowest BCUT2D eigenvalue weighted by atomic mass is 10.1. The van der Waals surface area contributed by atoms with Crippen molar-refractivity contribution in [3.63, 3.8) is 0 Å². The van der Waals surface area contributed by atoms with Gasteiger partial charge in [-0.2, -0.15) is 0 Å². The van der Waals surface area contributed by atoms with E-state index in [2.05, 4.69) is 19.2 Å². The molecule has 15 heavy (non-hydrogen) atoms. The Balaban J connectivity index is 2.20. The van der Waals surface area contributed by atoms with Gasteiger partial charge in [-0.3, -0.25) is 0 Å². The summed E-state index contributed by atoms with van der Waals surface area (Å²) >= 11 is 0. The molecular formula is C11H23NO2S. The van der Waals surface area contributed by atoms with E-state index in [-0.39, 0.29) is 5.25 Å². The van der Waals surface area contributed by atoms with E-state index in [0.29, 0.717) is 18.2 Å². The van der Waals surface area contributed by atoms with Crippen molar-refractivity contribution >= 4 is 9.84 Å². The maximum absolute atomic E-state index is 11.5. The normalized spacial score (nSPS) is 26.7. The van der Waals surface area contributed by atoms with Gasteiger partial charge in [-0.25, -0.2) is 8.42 Å². The molecule has 2 unspecified atom stereocenters. The Morgan fingerprint density at radius 1 is 1.47 bits per heavy atom. The van der Waals surface area contributed by atoms with Crippen molar-refractivity contribution in [3.8, 4) is 0 Å². The second-order valence-electron chi connectivity index (χ2n) is 4.68. The van der Waals surface area contributed by atoms with Gasteiger partial charge in [0, 0.05) is 6.54 Å². The largest absolute Gasteiger partial charge is 0.315 e. The molecule has 1 heterocycles. The first kappa shape index (κ1) is 13.0. The first-order valence-corrected chi connectivity index (χ1v) is 7.70. The highest BCUT2D eigenvalue weighted by molar-refractivity contribution is 7.92. The van der Waals surface area contributed by atoms with Gasteiger partial charge in [-0.1, -0.05) is 20.3 Å². The molecule has 1 aliphatic heterocycles. The average molecular weight is 233 g/mol. The fraction of sp³-hybridized carbons (Fsp3) is 1.00.